The zero-order valence-corrected chi connectivity index (χ0v) is 18.0. The first-order valence-electron chi connectivity index (χ1n) is 6.73. The van der Waals surface area contributed by atoms with E-state index < -0.39 is 91.6 Å². The molecule has 0 aliphatic rings. The lowest BCUT2D eigenvalue weighted by molar-refractivity contribution is 0.428. The fourth-order valence-corrected chi connectivity index (χ4v) is 7.35. The van der Waals surface area contributed by atoms with E-state index in [1.807, 2.05) is 0 Å². The Bertz CT molecular complexity index is 1680. The second-order valence-corrected chi connectivity index (χ2v) is 12.4. The van der Waals surface area contributed by atoms with E-state index in [0.717, 1.165) is 0 Å². The molecule has 6 N–H and O–H groups in total. The highest BCUT2D eigenvalue weighted by Gasteiger charge is 2.40. The maximum absolute atomic E-state index is 11.8. The van der Waals surface area contributed by atoms with Gasteiger partial charge < -0.3 is 5.11 Å². The molecule has 31 heavy (non-hydrogen) atoms. The second kappa shape index (κ2) is 7.03. The maximum Gasteiger partial charge on any atom is 0.299 e. The summed E-state index contributed by atoms with van der Waals surface area (Å²) in [4.78, 5) is -10.3. The van der Waals surface area contributed by atoms with Crippen LogP contribution in [0.3, 0.4) is 0 Å². The first kappa shape index (κ1) is 25.3. The second-order valence-electron chi connectivity index (χ2n) is 5.56. The number of hydrogen-bond acceptors (Lipinski definition) is 11. The van der Waals surface area contributed by atoms with Crippen molar-refractivity contribution in [3.63, 3.8) is 0 Å². The molecule has 21 heteroatoms. The summed E-state index contributed by atoms with van der Waals surface area (Å²) >= 11 is 0. The van der Waals surface area contributed by atoms with Crippen LogP contribution in [0.25, 0.3) is 10.8 Å². The van der Waals surface area contributed by atoms with Gasteiger partial charge in [-0.05, 0) is 12.1 Å². The largest absolute Gasteiger partial charge is 0.506 e. The molecule has 0 aliphatic heterocycles. The van der Waals surface area contributed by atoms with E-state index >= 15 is 0 Å². The van der Waals surface area contributed by atoms with Gasteiger partial charge in [-0.25, -0.2) is 0 Å². The Hall–Kier alpha value is -1.95. The van der Waals surface area contributed by atoms with Gasteiger partial charge in [-0.3, -0.25) is 22.8 Å². The maximum atomic E-state index is 11.8. The van der Waals surface area contributed by atoms with Crippen molar-refractivity contribution >= 4 is 61.4 Å². The molecule has 16 nitrogen and oxygen atoms in total. The molecule has 0 unspecified atom stereocenters. The molecule has 2 aromatic rings. The van der Waals surface area contributed by atoms with Crippen molar-refractivity contribution in [2.75, 3.05) is 0 Å². The van der Waals surface area contributed by atoms with Crippen LogP contribution >= 0.6 is 0 Å². The molecule has 0 bridgehead atoms. The molecule has 0 atom stereocenters. The highest BCUT2D eigenvalue weighted by molar-refractivity contribution is 7.91. The summed E-state index contributed by atoms with van der Waals surface area (Å²) in [5, 5.41) is 6.95. The van der Waals surface area contributed by atoms with Crippen LogP contribution in [-0.2, 0) is 50.6 Å². The van der Waals surface area contributed by atoms with Crippen molar-refractivity contribution in [3.05, 3.63) is 12.1 Å². The van der Waals surface area contributed by atoms with Gasteiger partial charge in [0, 0.05) is 10.8 Å². The van der Waals surface area contributed by atoms with Crippen LogP contribution in [0, 0.1) is 0 Å². The van der Waals surface area contributed by atoms with E-state index in [0.29, 0.717) is 0 Å². The lowest BCUT2D eigenvalue weighted by atomic mass is 10.1. The predicted octanol–water partition coefficient (Wildman–Crippen LogP) is -1.22. The zero-order valence-electron chi connectivity index (χ0n) is 14.0. The van der Waals surface area contributed by atoms with E-state index in [9.17, 15) is 65.4 Å². The standard InChI is InChI=1S/C10H8O16S5/c11-7-6-4(1-3(27(12,13)14)2-5(6)28(15,16)17)8(29(18,19)20)10(31(24,25)26)9(7)30(21,22)23/h1-2,11H,(H,12,13,14)(H,15,16,17)(H,18,19,20)(H,21,22,23)(H,24,25,26). The Labute approximate surface area is 173 Å². The van der Waals surface area contributed by atoms with Crippen molar-refractivity contribution in [2.45, 2.75) is 24.5 Å². The van der Waals surface area contributed by atoms with Crippen LogP contribution in [0.15, 0.2) is 36.6 Å². The monoisotopic (exact) mass is 544 g/mol. The minimum atomic E-state index is -6.10. The minimum Gasteiger partial charge on any atom is -0.506 e. The molecule has 0 saturated heterocycles. The smallest absolute Gasteiger partial charge is 0.299 e. The summed E-state index contributed by atoms with van der Waals surface area (Å²) < 4.78 is 163. The lowest BCUT2D eigenvalue weighted by Crippen LogP contribution is -2.16. The van der Waals surface area contributed by atoms with Crippen LogP contribution in [0.1, 0.15) is 0 Å². The summed E-state index contributed by atoms with van der Waals surface area (Å²) in [6, 6.07) is -0.133. The fourth-order valence-electron chi connectivity index (χ4n) is 2.54. The van der Waals surface area contributed by atoms with Crippen molar-refractivity contribution in [2.24, 2.45) is 0 Å². The highest BCUT2D eigenvalue weighted by atomic mass is 32.2. The Kier molecular flexibility index (Phi) is 5.74. The summed E-state index contributed by atoms with van der Waals surface area (Å²) in [6.07, 6.45) is 0. The third-order valence-electron chi connectivity index (χ3n) is 3.53. The molecular formula is C10H8O16S5. The number of rotatable bonds is 5. The molecule has 0 aromatic heterocycles. The number of phenolic OH excluding ortho intramolecular Hbond substituents is 1. The topological polar surface area (TPSA) is 292 Å². The van der Waals surface area contributed by atoms with Crippen molar-refractivity contribution in [3.8, 4) is 5.75 Å². The Morgan fingerprint density at radius 2 is 0.935 bits per heavy atom. The molecule has 174 valence electrons. The molecule has 0 aliphatic carbocycles. The van der Waals surface area contributed by atoms with Gasteiger partial charge in [-0.1, -0.05) is 0 Å². The Morgan fingerprint density at radius 3 is 1.26 bits per heavy atom. The van der Waals surface area contributed by atoms with E-state index in [4.69, 9.17) is 4.55 Å². The van der Waals surface area contributed by atoms with E-state index in [1.165, 1.54) is 0 Å². The lowest BCUT2D eigenvalue weighted by Gasteiger charge is -2.17. The summed E-state index contributed by atoms with van der Waals surface area (Å²) in [5.41, 5.74) is 0. The Morgan fingerprint density at radius 1 is 0.516 bits per heavy atom. The van der Waals surface area contributed by atoms with Gasteiger partial charge in [-0.2, -0.15) is 42.1 Å². The Balaban J connectivity index is 3.70. The number of fused-ring (bicyclic) bond motifs is 1. The average molecular weight is 544 g/mol. The summed E-state index contributed by atoms with van der Waals surface area (Å²) in [7, 11) is -29.3. The van der Waals surface area contributed by atoms with Gasteiger partial charge in [-0.15, -0.1) is 0 Å². The molecule has 2 rings (SSSR count). The minimum absolute atomic E-state index is 0.0371. The number of aromatic hydroxyl groups is 1. The van der Waals surface area contributed by atoms with Gasteiger partial charge >= 0.3 is 0 Å². The summed E-state index contributed by atoms with van der Waals surface area (Å²) in [5.74, 6) is -2.09. The molecule has 0 fully saturated rings. The highest BCUT2D eigenvalue weighted by Crippen LogP contribution is 2.45. The van der Waals surface area contributed by atoms with Crippen molar-refractivity contribution in [1.82, 2.24) is 0 Å². The van der Waals surface area contributed by atoms with E-state index in [2.05, 4.69) is 0 Å². The van der Waals surface area contributed by atoms with Gasteiger partial charge in [0.2, 0.25) is 0 Å². The van der Waals surface area contributed by atoms with Crippen LogP contribution in [-0.4, -0.2) is 70.0 Å². The van der Waals surface area contributed by atoms with Gasteiger partial charge in [0.05, 0.1) is 4.90 Å². The third-order valence-corrected chi connectivity index (χ3v) is 8.28. The molecule has 0 radical (unpaired) electrons. The molecular weight excluding hydrogens is 536 g/mol. The quantitative estimate of drug-likeness (QED) is 0.240. The number of phenols is 1. The average Bonchev–Trinajstić information content (AvgIpc) is 2.48. The van der Waals surface area contributed by atoms with Crippen LogP contribution in [0.5, 0.6) is 5.75 Å². The van der Waals surface area contributed by atoms with E-state index in [-0.39, 0.29) is 12.1 Å². The molecule has 0 spiro atoms. The van der Waals surface area contributed by atoms with Crippen molar-refractivity contribution in [1.29, 1.82) is 0 Å². The molecule has 0 saturated carbocycles. The normalized spacial score (nSPS) is 14.1. The third kappa shape index (κ3) is 4.64. The van der Waals surface area contributed by atoms with Crippen LogP contribution in [0.2, 0.25) is 0 Å². The number of hydrogen-bond donors (Lipinski definition) is 6. The van der Waals surface area contributed by atoms with Gasteiger partial charge in [0.15, 0.2) is 4.90 Å². The zero-order chi connectivity index (χ0) is 24.5. The number of benzene rings is 2. The van der Waals surface area contributed by atoms with Crippen LogP contribution in [0.4, 0.5) is 0 Å². The summed E-state index contributed by atoms with van der Waals surface area (Å²) in [6.45, 7) is 0. The van der Waals surface area contributed by atoms with Gasteiger partial charge in [0.25, 0.3) is 50.6 Å². The first-order chi connectivity index (χ1) is 13.5. The SMILES string of the molecule is O=S(=O)(O)c1cc(S(=O)(=O)O)c2c(O)c(S(=O)(=O)O)c(S(=O)(=O)O)c(S(=O)(=O)O)c2c1. The van der Waals surface area contributed by atoms with Gasteiger partial charge in [0.1, 0.15) is 20.4 Å². The van der Waals surface area contributed by atoms with Crippen molar-refractivity contribution < 1.29 is 70.0 Å². The molecule has 0 heterocycles. The van der Waals surface area contributed by atoms with E-state index in [1.54, 1.807) is 0 Å². The molecule has 0 amide bonds. The van der Waals surface area contributed by atoms with Crippen LogP contribution < -0.4 is 0 Å². The fraction of sp³-hybridized carbons (Fsp3) is 0. The first-order valence-corrected chi connectivity index (χ1v) is 13.9. The molecule has 2 aromatic carbocycles. The predicted molar refractivity (Wildman–Crippen MR) is 94.7 cm³/mol.